The zero-order valence-electron chi connectivity index (χ0n) is 6.46. The molecule has 0 radical (unpaired) electrons. The van der Waals surface area contributed by atoms with E-state index in [1.54, 1.807) is 6.07 Å². The molecule has 0 saturated carbocycles. The smallest absolute Gasteiger partial charge is 0.358 e. The van der Waals surface area contributed by atoms with Gasteiger partial charge < -0.3 is 8.94 Å². The lowest BCUT2D eigenvalue weighted by atomic mass is 10.3. The number of aromatic nitrogens is 1. The largest absolute Gasteiger partial charge is 0.460 e. The highest BCUT2D eigenvalue weighted by Gasteiger charge is 2.05. The first-order valence-corrected chi connectivity index (χ1v) is 3.51. The maximum atomic E-state index is 10.6. The van der Waals surface area contributed by atoms with Crippen molar-refractivity contribution in [2.24, 2.45) is 0 Å². The predicted octanol–water partition coefficient (Wildman–Crippen LogP) is 1.54. The second kappa shape index (κ2) is 2.41. The molecule has 2 heterocycles. The van der Waals surface area contributed by atoms with E-state index >= 15 is 0 Å². The predicted molar refractivity (Wildman–Crippen MR) is 41.8 cm³/mol. The van der Waals surface area contributed by atoms with Gasteiger partial charge in [-0.3, -0.25) is 0 Å². The molecule has 2 rings (SSSR count). The number of nitrogens with one attached hydrogen (secondary N) is 1. The summed E-state index contributed by atoms with van der Waals surface area (Å²) in [6.45, 7) is 1.84. The summed E-state index contributed by atoms with van der Waals surface area (Å²) in [7, 11) is 0. The van der Waals surface area contributed by atoms with Gasteiger partial charge in [-0.15, -0.1) is 0 Å². The molecule has 0 unspecified atom stereocenters. The van der Waals surface area contributed by atoms with Crippen molar-refractivity contribution in [3.63, 3.8) is 0 Å². The number of hydrogen-bond donors (Lipinski definition) is 1. The Labute approximate surface area is 67.8 Å². The van der Waals surface area contributed by atoms with E-state index in [1.807, 2.05) is 13.0 Å². The van der Waals surface area contributed by atoms with Crippen molar-refractivity contribution >= 4 is 0 Å². The molecule has 0 aliphatic carbocycles. The summed E-state index contributed by atoms with van der Waals surface area (Å²) in [5.41, 5.74) is 0.159. The maximum Gasteiger partial charge on any atom is 0.358 e. The zero-order valence-corrected chi connectivity index (χ0v) is 6.46. The van der Waals surface area contributed by atoms with Crippen LogP contribution < -0.4 is 5.63 Å². The summed E-state index contributed by atoms with van der Waals surface area (Å²) in [5.74, 6) is 1.41. The van der Waals surface area contributed by atoms with Crippen molar-refractivity contribution in [2.45, 2.75) is 6.92 Å². The first-order chi connectivity index (χ1) is 5.75. The first kappa shape index (κ1) is 6.97. The van der Waals surface area contributed by atoms with Crippen molar-refractivity contribution in [3.8, 4) is 11.5 Å². The van der Waals surface area contributed by atoms with Gasteiger partial charge in [0.25, 0.3) is 0 Å². The van der Waals surface area contributed by atoms with Crippen LogP contribution in [0.5, 0.6) is 0 Å². The number of furan rings is 1. The Hall–Kier alpha value is -1.71. The highest BCUT2D eigenvalue weighted by Crippen LogP contribution is 2.17. The van der Waals surface area contributed by atoms with Gasteiger partial charge in [-0.25, -0.2) is 9.95 Å². The molecule has 0 fully saturated rings. The molecule has 2 aromatic rings. The fourth-order valence-electron chi connectivity index (χ4n) is 0.983. The molecule has 1 N–H and O–H groups in total. The molecule has 0 spiro atoms. The van der Waals surface area contributed by atoms with Gasteiger partial charge in [-0.05, 0) is 19.1 Å². The topological polar surface area (TPSA) is 59.1 Å². The summed E-state index contributed by atoms with van der Waals surface area (Å²) in [6.07, 6.45) is 0. The van der Waals surface area contributed by atoms with Crippen LogP contribution in [-0.4, -0.2) is 5.16 Å². The first-order valence-electron chi connectivity index (χ1n) is 3.51. The third kappa shape index (κ3) is 1.07. The molecule has 0 saturated heterocycles. The van der Waals surface area contributed by atoms with Crippen LogP contribution in [0.1, 0.15) is 5.76 Å². The Balaban J connectivity index is 2.50. The molecule has 0 bridgehead atoms. The normalized spacial score (nSPS) is 10.4. The number of aromatic amines is 1. The third-order valence-corrected chi connectivity index (χ3v) is 1.53. The zero-order chi connectivity index (χ0) is 8.55. The van der Waals surface area contributed by atoms with Crippen LogP contribution in [0.3, 0.4) is 0 Å². The molecule has 0 aromatic carbocycles. The molecule has 12 heavy (non-hydrogen) atoms. The quantitative estimate of drug-likeness (QED) is 0.697. The van der Waals surface area contributed by atoms with E-state index in [-0.39, 0.29) is 0 Å². The fraction of sp³-hybridized carbons (Fsp3) is 0.125. The SMILES string of the molecule is Cc1ccc(-c2cc(=O)o[nH]2)o1. The molecular weight excluding hydrogens is 158 g/mol. The van der Waals surface area contributed by atoms with Crippen LogP contribution in [0.2, 0.25) is 0 Å². The molecule has 4 nitrogen and oxygen atoms in total. The molecule has 0 amide bonds. The maximum absolute atomic E-state index is 10.6. The van der Waals surface area contributed by atoms with Gasteiger partial charge in [0.1, 0.15) is 11.5 Å². The van der Waals surface area contributed by atoms with E-state index in [0.717, 1.165) is 5.76 Å². The van der Waals surface area contributed by atoms with Crippen LogP contribution in [0.4, 0.5) is 0 Å². The van der Waals surface area contributed by atoms with Crippen LogP contribution in [0.25, 0.3) is 11.5 Å². The van der Waals surface area contributed by atoms with Gasteiger partial charge >= 0.3 is 5.63 Å². The molecule has 0 aliphatic rings. The molecule has 0 aliphatic heterocycles. The van der Waals surface area contributed by atoms with Crippen LogP contribution >= 0.6 is 0 Å². The Morgan fingerprint density at radius 2 is 2.25 bits per heavy atom. The van der Waals surface area contributed by atoms with Gasteiger partial charge in [0, 0.05) is 0 Å². The molecule has 0 atom stereocenters. The van der Waals surface area contributed by atoms with E-state index in [0.29, 0.717) is 11.5 Å². The van der Waals surface area contributed by atoms with Crippen LogP contribution in [-0.2, 0) is 0 Å². The average Bonchev–Trinajstić information content (AvgIpc) is 2.58. The second-order valence-corrected chi connectivity index (χ2v) is 2.49. The summed E-state index contributed by atoms with van der Waals surface area (Å²) < 4.78 is 9.74. The number of aryl methyl sites for hydroxylation is 1. The Kier molecular flexibility index (Phi) is 1.40. The van der Waals surface area contributed by atoms with Gasteiger partial charge in [0.05, 0.1) is 6.07 Å². The Morgan fingerprint density at radius 1 is 1.42 bits per heavy atom. The third-order valence-electron chi connectivity index (χ3n) is 1.53. The molecular formula is C8H7NO3. The lowest BCUT2D eigenvalue weighted by Crippen LogP contribution is -1.85. The van der Waals surface area contributed by atoms with Gasteiger partial charge in [0.2, 0.25) is 0 Å². The lowest BCUT2D eigenvalue weighted by molar-refractivity contribution is 0.391. The minimum atomic E-state index is -0.404. The van der Waals surface area contributed by atoms with Gasteiger partial charge in [-0.2, -0.15) is 0 Å². The minimum absolute atomic E-state index is 0.404. The monoisotopic (exact) mass is 165 g/mol. The van der Waals surface area contributed by atoms with E-state index in [9.17, 15) is 4.79 Å². The fourth-order valence-corrected chi connectivity index (χ4v) is 0.983. The van der Waals surface area contributed by atoms with E-state index in [4.69, 9.17) is 4.42 Å². The van der Waals surface area contributed by atoms with E-state index in [2.05, 4.69) is 9.68 Å². The van der Waals surface area contributed by atoms with Gasteiger partial charge in [-0.1, -0.05) is 0 Å². The number of hydrogen-bond acceptors (Lipinski definition) is 3. The lowest BCUT2D eigenvalue weighted by Gasteiger charge is -1.86. The highest BCUT2D eigenvalue weighted by molar-refractivity contribution is 5.50. The summed E-state index contributed by atoms with van der Waals surface area (Å²) in [5, 5.41) is 2.45. The Morgan fingerprint density at radius 3 is 2.75 bits per heavy atom. The van der Waals surface area contributed by atoms with Crippen molar-refractivity contribution in [1.29, 1.82) is 0 Å². The summed E-state index contributed by atoms with van der Waals surface area (Å²) in [6, 6.07) is 4.94. The highest BCUT2D eigenvalue weighted by atomic mass is 16.5. The van der Waals surface area contributed by atoms with Crippen molar-refractivity contribution in [2.75, 3.05) is 0 Å². The van der Waals surface area contributed by atoms with E-state index in [1.165, 1.54) is 6.07 Å². The number of rotatable bonds is 1. The van der Waals surface area contributed by atoms with Crippen molar-refractivity contribution in [1.82, 2.24) is 5.16 Å². The standard InChI is InChI=1S/C8H7NO3/c1-5-2-3-7(11-5)6-4-8(10)12-9-6/h2-4,9H,1H3. The molecule has 2 aromatic heterocycles. The van der Waals surface area contributed by atoms with E-state index < -0.39 is 5.63 Å². The molecule has 4 heteroatoms. The minimum Gasteiger partial charge on any atom is -0.460 e. The Bertz CT molecular complexity index is 435. The van der Waals surface area contributed by atoms with Crippen molar-refractivity contribution in [3.05, 3.63) is 34.4 Å². The summed E-state index contributed by atoms with van der Waals surface area (Å²) in [4.78, 5) is 10.6. The molecule has 62 valence electrons. The number of H-pyrrole nitrogens is 1. The second-order valence-electron chi connectivity index (χ2n) is 2.49. The van der Waals surface area contributed by atoms with Crippen LogP contribution in [0, 0.1) is 6.92 Å². The van der Waals surface area contributed by atoms with Crippen LogP contribution in [0.15, 0.2) is 31.9 Å². The summed E-state index contributed by atoms with van der Waals surface area (Å²) >= 11 is 0. The van der Waals surface area contributed by atoms with Crippen molar-refractivity contribution < 1.29 is 8.94 Å². The van der Waals surface area contributed by atoms with Gasteiger partial charge in [0.15, 0.2) is 5.76 Å². The average molecular weight is 165 g/mol.